The zero-order valence-corrected chi connectivity index (χ0v) is 9.87. The number of thiophene rings is 1. The molecule has 0 spiro atoms. The van der Waals surface area contributed by atoms with Crippen molar-refractivity contribution in [3.05, 3.63) is 14.9 Å². The van der Waals surface area contributed by atoms with Gasteiger partial charge in [0.1, 0.15) is 4.34 Å². The van der Waals surface area contributed by atoms with Crippen LogP contribution in [0.15, 0.2) is 0 Å². The lowest BCUT2D eigenvalue weighted by molar-refractivity contribution is -0.136. The maximum absolute atomic E-state index is 10.7. The normalized spacial score (nSPS) is 10.1. The molecule has 0 amide bonds. The number of halogens is 2. The van der Waals surface area contributed by atoms with Crippen molar-refractivity contribution in [2.75, 3.05) is 0 Å². The third-order valence-electron chi connectivity index (χ3n) is 1.43. The van der Waals surface area contributed by atoms with Crippen molar-refractivity contribution in [3.63, 3.8) is 0 Å². The van der Waals surface area contributed by atoms with Crippen molar-refractivity contribution < 1.29 is 19.4 Å². The third-order valence-corrected chi connectivity index (χ3v) is 3.38. The Labute approximate surface area is 99.4 Å². The average Bonchev–Trinajstić information content (AvgIpc) is 2.31. The lowest BCUT2D eigenvalue weighted by atomic mass is 10.2. The highest BCUT2D eigenvalue weighted by Crippen LogP contribution is 2.42. The van der Waals surface area contributed by atoms with E-state index in [-0.39, 0.29) is 26.4 Å². The summed E-state index contributed by atoms with van der Waals surface area (Å²) in [6, 6.07) is 0. The predicted molar refractivity (Wildman–Crippen MR) is 57.0 cm³/mol. The smallest absolute Gasteiger partial charge is 0.308 e. The summed E-state index contributed by atoms with van der Waals surface area (Å²) in [7, 11) is 0. The molecule has 1 aromatic heterocycles. The van der Waals surface area contributed by atoms with Gasteiger partial charge in [0.05, 0.1) is 11.4 Å². The van der Waals surface area contributed by atoms with Gasteiger partial charge in [-0.25, -0.2) is 0 Å². The standard InChI is InChI=1S/C8H6Cl2O4S/c1-3(11)14-8-4(2-5(12)13)6(9)7(10)15-8/h2H2,1H3,(H,12,13). The fourth-order valence-electron chi connectivity index (χ4n) is 0.910. The van der Waals surface area contributed by atoms with Crippen LogP contribution in [0.1, 0.15) is 12.5 Å². The second kappa shape index (κ2) is 4.83. The lowest BCUT2D eigenvalue weighted by Gasteiger charge is -2.00. The van der Waals surface area contributed by atoms with Gasteiger partial charge in [-0.2, -0.15) is 0 Å². The van der Waals surface area contributed by atoms with Gasteiger partial charge < -0.3 is 9.84 Å². The minimum atomic E-state index is -1.07. The Bertz CT molecular complexity index is 413. The average molecular weight is 269 g/mol. The van der Waals surface area contributed by atoms with E-state index < -0.39 is 11.9 Å². The van der Waals surface area contributed by atoms with E-state index in [0.717, 1.165) is 11.3 Å². The van der Waals surface area contributed by atoms with Crippen LogP contribution >= 0.6 is 34.5 Å². The van der Waals surface area contributed by atoms with Gasteiger partial charge in [0.2, 0.25) is 0 Å². The summed E-state index contributed by atoms with van der Waals surface area (Å²) < 4.78 is 5.01. The molecule has 1 rings (SSSR count). The quantitative estimate of drug-likeness (QED) is 0.856. The molecule has 0 radical (unpaired) electrons. The monoisotopic (exact) mass is 268 g/mol. The highest BCUT2D eigenvalue weighted by atomic mass is 35.5. The van der Waals surface area contributed by atoms with Gasteiger partial charge in [-0.05, 0) is 0 Å². The second-order valence-electron chi connectivity index (χ2n) is 2.62. The molecule has 0 saturated heterocycles. The Hall–Kier alpha value is -0.780. The second-order valence-corrected chi connectivity index (χ2v) is 4.58. The zero-order chi connectivity index (χ0) is 11.6. The van der Waals surface area contributed by atoms with E-state index in [9.17, 15) is 9.59 Å². The van der Waals surface area contributed by atoms with Gasteiger partial charge in [-0.3, -0.25) is 9.59 Å². The first-order chi connectivity index (χ1) is 6.91. The van der Waals surface area contributed by atoms with Crippen LogP contribution in [0.3, 0.4) is 0 Å². The zero-order valence-electron chi connectivity index (χ0n) is 7.54. The van der Waals surface area contributed by atoms with Crippen LogP contribution in [-0.4, -0.2) is 17.0 Å². The van der Waals surface area contributed by atoms with Crippen LogP contribution < -0.4 is 4.74 Å². The molecular weight excluding hydrogens is 263 g/mol. The van der Waals surface area contributed by atoms with Gasteiger partial charge in [0.15, 0.2) is 5.06 Å². The van der Waals surface area contributed by atoms with Crippen molar-refractivity contribution in [2.45, 2.75) is 13.3 Å². The van der Waals surface area contributed by atoms with E-state index in [2.05, 4.69) is 0 Å². The number of rotatable bonds is 3. The summed E-state index contributed by atoms with van der Waals surface area (Å²) in [5.41, 5.74) is 0.231. The van der Waals surface area contributed by atoms with Gasteiger partial charge >= 0.3 is 11.9 Å². The molecule has 0 saturated carbocycles. The number of carboxylic acids is 1. The van der Waals surface area contributed by atoms with Crippen molar-refractivity contribution in [1.29, 1.82) is 0 Å². The van der Waals surface area contributed by atoms with Gasteiger partial charge in [-0.1, -0.05) is 34.5 Å². The first-order valence-electron chi connectivity index (χ1n) is 3.78. The van der Waals surface area contributed by atoms with Crippen molar-refractivity contribution in [3.8, 4) is 5.06 Å². The Balaban J connectivity index is 3.08. The summed E-state index contributed by atoms with van der Waals surface area (Å²) in [5.74, 6) is -1.61. The van der Waals surface area contributed by atoms with E-state index in [1.54, 1.807) is 0 Å². The number of carbonyl (C=O) groups is 2. The molecular formula is C8H6Cl2O4S. The molecule has 0 aliphatic heterocycles. The summed E-state index contributed by atoms with van der Waals surface area (Å²) in [6.07, 6.45) is -0.329. The topological polar surface area (TPSA) is 63.6 Å². The largest absolute Gasteiger partial charge is 0.481 e. The molecule has 7 heteroatoms. The predicted octanol–water partition coefficient (Wildman–Crippen LogP) is 2.61. The Kier molecular flexibility index (Phi) is 3.96. The molecule has 1 heterocycles. The Morgan fingerprint density at radius 3 is 2.53 bits per heavy atom. The number of esters is 1. The van der Waals surface area contributed by atoms with Gasteiger partial charge in [-0.15, -0.1) is 0 Å². The first-order valence-corrected chi connectivity index (χ1v) is 5.36. The van der Waals surface area contributed by atoms with E-state index in [1.807, 2.05) is 0 Å². The minimum absolute atomic E-state index is 0.125. The van der Waals surface area contributed by atoms with Crippen molar-refractivity contribution >= 4 is 46.5 Å². The molecule has 0 aromatic carbocycles. The lowest BCUT2D eigenvalue weighted by Crippen LogP contribution is -2.05. The maximum Gasteiger partial charge on any atom is 0.308 e. The molecule has 4 nitrogen and oxygen atoms in total. The maximum atomic E-state index is 10.7. The van der Waals surface area contributed by atoms with Crippen LogP contribution in [0.25, 0.3) is 0 Å². The summed E-state index contributed by atoms with van der Waals surface area (Å²) in [6.45, 7) is 1.21. The highest BCUT2D eigenvalue weighted by molar-refractivity contribution is 7.18. The number of carbonyl (C=O) groups excluding carboxylic acids is 1. The van der Waals surface area contributed by atoms with Crippen LogP contribution in [0, 0.1) is 0 Å². The molecule has 0 fully saturated rings. The molecule has 1 N–H and O–H groups in total. The molecule has 82 valence electrons. The van der Waals surface area contributed by atoms with E-state index in [4.69, 9.17) is 33.0 Å². The molecule has 15 heavy (non-hydrogen) atoms. The summed E-state index contributed by atoms with van der Waals surface area (Å²) in [5, 5.41) is 8.89. The van der Waals surface area contributed by atoms with E-state index in [0.29, 0.717) is 0 Å². The highest BCUT2D eigenvalue weighted by Gasteiger charge is 2.20. The Morgan fingerprint density at radius 2 is 2.07 bits per heavy atom. The van der Waals surface area contributed by atoms with Crippen molar-refractivity contribution in [1.82, 2.24) is 0 Å². The SMILES string of the molecule is CC(=O)Oc1sc(Cl)c(Cl)c1CC(=O)O. The third kappa shape index (κ3) is 3.09. The molecule has 0 aliphatic rings. The molecule has 0 unspecified atom stereocenters. The molecule has 0 bridgehead atoms. The fraction of sp³-hybridized carbons (Fsp3) is 0.250. The molecule has 0 aliphatic carbocycles. The minimum Gasteiger partial charge on any atom is -0.481 e. The number of ether oxygens (including phenoxy) is 1. The molecule has 0 atom stereocenters. The number of hydrogen-bond acceptors (Lipinski definition) is 4. The van der Waals surface area contributed by atoms with Crippen LogP contribution in [0.5, 0.6) is 5.06 Å². The van der Waals surface area contributed by atoms with E-state index in [1.165, 1.54) is 6.92 Å². The summed E-state index contributed by atoms with van der Waals surface area (Å²) in [4.78, 5) is 21.3. The number of aliphatic carboxylic acids is 1. The van der Waals surface area contributed by atoms with Crippen LogP contribution in [0.2, 0.25) is 9.36 Å². The van der Waals surface area contributed by atoms with Crippen LogP contribution in [-0.2, 0) is 16.0 Å². The number of carboxylic acid groups (broad SMARTS) is 1. The van der Waals surface area contributed by atoms with Crippen molar-refractivity contribution in [2.24, 2.45) is 0 Å². The first kappa shape index (κ1) is 12.3. The fourth-order valence-corrected chi connectivity index (χ4v) is 2.39. The van der Waals surface area contributed by atoms with Gasteiger partial charge in [0.25, 0.3) is 0 Å². The van der Waals surface area contributed by atoms with Crippen LogP contribution in [0.4, 0.5) is 0 Å². The Morgan fingerprint density at radius 1 is 1.47 bits per heavy atom. The van der Waals surface area contributed by atoms with E-state index >= 15 is 0 Å². The summed E-state index contributed by atoms with van der Waals surface area (Å²) >= 11 is 12.4. The van der Waals surface area contributed by atoms with Gasteiger partial charge in [0, 0.05) is 12.5 Å². The molecule has 1 aromatic rings. The number of hydrogen-bond donors (Lipinski definition) is 1.